The van der Waals surface area contributed by atoms with Crippen molar-refractivity contribution in [1.29, 1.82) is 5.26 Å². The zero-order valence-corrected chi connectivity index (χ0v) is 20.8. The average molecular weight is 484 g/mol. The van der Waals surface area contributed by atoms with Crippen LogP contribution in [0, 0.1) is 32.1 Å². The number of hydrogen-bond donors (Lipinski definition) is 2. The number of nitriles is 1. The van der Waals surface area contributed by atoms with Gasteiger partial charge < -0.3 is 20.1 Å². The number of nitrogens with zero attached hydrogens (tertiary/aromatic N) is 1. The van der Waals surface area contributed by atoms with Crippen LogP contribution in [0.1, 0.15) is 29.2 Å². The fourth-order valence-electron chi connectivity index (χ4n) is 3.38. The number of anilines is 2. The first kappa shape index (κ1) is 26.0. The van der Waals surface area contributed by atoms with Gasteiger partial charge in [-0.15, -0.1) is 0 Å². The quantitative estimate of drug-likeness (QED) is 0.306. The van der Waals surface area contributed by atoms with E-state index in [1.54, 1.807) is 24.3 Å². The third-order valence-electron chi connectivity index (χ3n) is 5.49. The number of carbonyl (C=O) groups excluding carboxylic acids is 2. The van der Waals surface area contributed by atoms with E-state index in [0.29, 0.717) is 35.0 Å². The third-order valence-corrected chi connectivity index (χ3v) is 5.49. The summed E-state index contributed by atoms with van der Waals surface area (Å²) < 4.78 is 11.4. The molecule has 7 nitrogen and oxygen atoms in total. The van der Waals surface area contributed by atoms with Crippen LogP contribution in [-0.2, 0) is 9.59 Å². The Hall–Kier alpha value is -4.57. The molecule has 0 aromatic heterocycles. The van der Waals surface area contributed by atoms with Crippen molar-refractivity contribution in [2.75, 3.05) is 23.8 Å². The van der Waals surface area contributed by atoms with Crippen molar-refractivity contribution >= 4 is 29.3 Å². The number of aryl methyl sites for hydroxylation is 3. The second-order valence-electron chi connectivity index (χ2n) is 8.21. The summed E-state index contributed by atoms with van der Waals surface area (Å²) in [6, 6.07) is 20.0. The van der Waals surface area contributed by atoms with Crippen LogP contribution in [0.2, 0.25) is 0 Å². The summed E-state index contributed by atoms with van der Waals surface area (Å²) in [5.74, 6) is -0.0219. The van der Waals surface area contributed by atoms with E-state index < -0.39 is 5.91 Å². The molecule has 184 valence electrons. The van der Waals surface area contributed by atoms with Crippen molar-refractivity contribution in [3.63, 3.8) is 0 Å². The van der Waals surface area contributed by atoms with Gasteiger partial charge in [-0.1, -0.05) is 30.3 Å². The summed E-state index contributed by atoms with van der Waals surface area (Å²) in [7, 11) is 0. The summed E-state index contributed by atoms with van der Waals surface area (Å²) in [6.45, 7) is 7.86. The molecule has 3 aromatic carbocycles. The molecule has 0 aliphatic rings. The molecule has 3 aromatic rings. The Kier molecular flexibility index (Phi) is 8.84. The highest BCUT2D eigenvalue weighted by atomic mass is 16.5. The predicted octanol–water partition coefficient (Wildman–Crippen LogP) is 5.57. The number of hydrogen-bond acceptors (Lipinski definition) is 5. The van der Waals surface area contributed by atoms with Gasteiger partial charge in [0.25, 0.3) is 11.8 Å². The molecule has 0 fully saturated rings. The smallest absolute Gasteiger partial charge is 0.266 e. The number of ether oxygens (including phenoxy) is 2. The van der Waals surface area contributed by atoms with Crippen LogP contribution in [0.5, 0.6) is 11.5 Å². The van der Waals surface area contributed by atoms with Gasteiger partial charge in [0, 0.05) is 11.4 Å². The number of para-hydroxylation sites is 1. The lowest BCUT2D eigenvalue weighted by molar-refractivity contribution is -0.118. The largest absolute Gasteiger partial charge is 0.490 e. The van der Waals surface area contributed by atoms with Gasteiger partial charge in [0.15, 0.2) is 18.1 Å². The van der Waals surface area contributed by atoms with Crippen molar-refractivity contribution in [2.24, 2.45) is 0 Å². The topological polar surface area (TPSA) is 100 Å². The lowest BCUT2D eigenvalue weighted by Gasteiger charge is -2.13. The van der Waals surface area contributed by atoms with Gasteiger partial charge in [-0.3, -0.25) is 9.59 Å². The standard InChI is InChI=1S/C29H29N3O4/c1-5-35-27-16-22(15-23(17-30)29(34)32-25-9-7-6-8-20(25)3)11-13-26(27)36-18-28(33)31-24-12-10-19(2)21(4)14-24/h6-16H,5,18H2,1-4H3,(H,31,33)(H,32,34)/b23-15-. The lowest BCUT2D eigenvalue weighted by Crippen LogP contribution is -2.20. The molecule has 0 saturated heterocycles. The molecule has 0 radical (unpaired) electrons. The van der Waals surface area contributed by atoms with Crippen LogP contribution < -0.4 is 20.1 Å². The zero-order chi connectivity index (χ0) is 26.1. The van der Waals surface area contributed by atoms with Crippen LogP contribution in [-0.4, -0.2) is 25.0 Å². The number of benzene rings is 3. The van der Waals surface area contributed by atoms with E-state index >= 15 is 0 Å². The maximum atomic E-state index is 12.6. The second-order valence-corrected chi connectivity index (χ2v) is 8.21. The monoisotopic (exact) mass is 483 g/mol. The van der Waals surface area contributed by atoms with Crippen LogP contribution in [0.4, 0.5) is 11.4 Å². The summed E-state index contributed by atoms with van der Waals surface area (Å²) in [6.07, 6.45) is 1.48. The van der Waals surface area contributed by atoms with Crippen LogP contribution in [0.15, 0.2) is 66.2 Å². The molecule has 0 aliphatic heterocycles. The molecule has 0 saturated carbocycles. The minimum Gasteiger partial charge on any atom is -0.490 e. The fraction of sp³-hybridized carbons (Fsp3) is 0.207. The summed E-state index contributed by atoms with van der Waals surface area (Å²) in [4.78, 5) is 25.0. The van der Waals surface area contributed by atoms with E-state index in [-0.39, 0.29) is 18.1 Å². The van der Waals surface area contributed by atoms with Gasteiger partial charge in [-0.25, -0.2) is 0 Å². The van der Waals surface area contributed by atoms with Gasteiger partial charge in [-0.05, 0) is 86.4 Å². The van der Waals surface area contributed by atoms with E-state index in [0.717, 1.165) is 16.7 Å². The van der Waals surface area contributed by atoms with Crippen molar-refractivity contribution in [1.82, 2.24) is 0 Å². The molecule has 2 N–H and O–H groups in total. The Labute approximate surface area is 211 Å². The Balaban J connectivity index is 1.71. The summed E-state index contributed by atoms with van der Waals surface area (Å²) >= 11 is 0. The summed E-state index contributed by atoms with van der Waals surface area (Å²) in [5, 5.41) is 15.1. The van der Waals surface area contributed by atoms with Gasteiger partial charge >= 0.3 is 0 Å². The molecule has 0 spiro atoms. The average Bonchev–Trinajstić information content (AvgIpc) is 2.85. The Morgan fingerprint density at radius 3 is 2.36 bits per heavy atom. The molecule has 0 unspecified atom stereocenters. The predicted molar refractivity (Wildman–Crippen MR) is 141 cm³/mol. The number of rotatable bonds is 9. The molecule has 3 rings (SSSR count). The third kappa shape index (κ3) is 6.97. The first-order valence-corrected chi connectivity index (χ1v) is 11.6. The van der Waals surface area contributed by atoms with E-state index in [4.69, 9.17) is 9.47 Å². The molecule has 0 heterocycles. The van der Waals surface area contributed by atoms with Crippen LogP contribution >= 0.6 is 0 Å². The fourth-order valence-corrected chi connectivity index (χ4v) is 3.38. The molecular formula is C29H29N3O4. The van der Waals surface area contributed by atoms with Gasteiger partial charge in [-0.2, -0.15) is 5.26 Å². The second kappa shape index (κ2) is 12.2. The molecule has 0 bridgehead atoms. The molecule has 2 amide bonds. The Morgan fingerprint density at radius 2 is 1.67 bits per heavy atom. The van der Waals surface area contributed by atoms with E-state index in [9.17, 15) is 14.9 Å². The SMILES string of the molecule is CCOc1cc(/C=C(/C#N)C(=O)Nc2ccccc2C)ccc1OCC(=O)Nc1ccc(C)c(C)c1. The molecule has 0 atom stereocenters. The van der Waals surface area contributed by atoms with Crippen molar-refractivity contribution in [2.45, 2.75) is 27.7 Å². The highest BCUT2D eigenvalue weighted by Gasteiger charge is 2.13. The minimum atomic E-state index is -0.506. The minimum absolute atomic E-state index is 0.0536. The van der Waals surface area contributed by atoms with E-state index in [2.05, 4.69) is 10.6 Å². The molecule has 0 aliphatic carbocycles. The normalized spacial score (nSPS) is 10.8. The van der Waals surface area contributed by atoms with E-state index in [1.165, 1.54) is 6.08 Å². The first-order valence-electron chi connectivity index (χ1n) is 11.6. The highest BCUT2D eigenvalue weighted by Crippen LogP contribution is 2.29. The number of amides is 2. The van der Waals surface area contributed by atoms with Crippen LogP contribution in [0.25, 0.3) is 6.08 Å². The van der Waals surface area contributed by atoms with Gasteiger partial charge in [0.1, 0.15) is 11.6 Å². The lowest BCUT2D eigenvalue weighted by atomic mass is 10.1. The van der Waals surface area contributed by atoms with Crippen molar-refractivity contribution in [3.8, 4) is 17.6 Å². The van der Waals surface area contributed by atoms with E-state index in [1.807, 2.05) is 70.2 Å². The Bertz CT molecular complexity index is 1340. The highest BCUT2D eigenvalue weighted by molar-refractivity contribution is 6.10. The maximum Gasteiger partial charge on any atom is 0.266 e. The number of carbonyl (C=O) groups is 2. The zero-order valence-electron chi connectivity index (χ0n) is 20.8. The van der Waals surface area contributed by atoms with Gasteiger partial charge in [0.05, 0.1) is 6.61 Å². The molecule has 36 heavy (non-hydrogen) atoms. The van der Waals surface area contributed by atoms with Crippen molar-refractivity contribution in [3.05, 3.63) is 88.5 Å². The molecular weight excluding hydrogens is 454 g/mol. The Morgan fingerprint density at radius 1 is 0.889 bits per heavy atom. The number of nitrogens with one attached hydrogen (secondary N) is 2. The summed E-state index contributed by atoms with van der Waals surface area (Å²) in [5.41, 5.74) is 4.99. The van der Waals surface area contributed by atoms with Crippen molar-refractivity contribution < 1.29 is 19.1 Å². The molecule has 7 heteroatoms. The maximum absolute atomic E-state index is 12.6. The van der Waals surface area contributed by atoms with Crippen LogP contribution in [0.3, 0.4) is 0 Å². The van der Waals surface area contributed by atoms with Gasteiger partial charge in [0.2, 0.25) is 0 Å². The first-order chi connectivity index (χ1) is 17.3.